The molecule has 166 valence electrons. The smallest absolute Gasteiger partial charge is 0.261 e. The maximum Gasteiger partial charge on any atom is 0.261 e. The molecule has 0 heterocycles. The lowest BCUT2D eigenvalue weighted by Crippen LogP contribution is -2.33. The molecular formula is C24H22F2N2O3S. The number of rotatable bonds is 5. The molecule has 5 nitrogen and oxygen atoms in total. The first-order valence-corrected chi connectivity index (χ1v) is 11.7. The van der Waals surface area contributed by atoms with Gasteiger partial charge in [0.05, 0.1) is 10.9 Å². The van der Waals surface area contributed by atoms with Gasteiger partial charge in [-0.1, -0.05) is 24.3 Å². The third kappa shape index (κ3) is 4.36. The molecule has 0 saturated heterocycles. The van der Waals surface area contributed by atoms with Crippen molar-refractivity contribution in [1.29, 1.82) is 0 Å². The Morgan fingerprint density at radius 1 is 1.00 bits per heavy atom. The molecule has 0 spiro atoms. The summed E-state index contributed by atoms with van der Waals surface area (Å²) in [5.74, 6) is -2.54. The molecule has 1 aliphatic rings. The van der Waals surface area contributed by atoms with Gasteiger partial charge in [0.15, 0.2) is 11.6 Å². The Morgan fingerprint density at radius 2 is 1.72 bits per heavy atom. The van der Waals surface area contributed by atoms with Crippen molar-refractivity contribution in [2.75, 3.05) is 11.8 Å². The Hall–Kier alpha value is -3.26. The van der Waals surface area contributed by atoms with Gasteiger partial charge in [0.1, 0.15) is 0 Å². The number of carbonyl (C=O) groups is 1. The molecule has 0 bridgehead atoms. The van der Waals surface area contributed by atoms with E-state index in [0.29, 0.717) is 11.6 Å². The number of benzene rings is 3. The SMILES string of the molecule is CN(C(=O)c1ccc(NS(=O)(=O)c2ccc(F)c(F)c2)cc1)C1CCCc2ccccc21. The summed E-state index contributed by atoms with van der Waals surface area (Å²) in [4.78, 5) is 14.4. The van der Waals surface area contributed by atoms with E-state index >= 15 is 0 Å². The highest BCUT2D eigenvalue weighted by Crippen LogP contribution is 2.34. The topological polar surface area (TPSA) is 66.5 Å². The number of hydrogen-bond acceptors (Lipinski definition) is 3. The molecule has 1 N–H and O–H groups in total. The lowest BCUT2D eigenvalue weighted by molar-refractivity contribution is 0.0715. The average Bonchev–Trinajstić information content (AvgIpc) is 2.79. The third-order valence-corrected chi connectivity index (χ3v) is 7.09. The van der Waals surface area contributed by atoms with Gasteiger partial charge in [-0.15, -0.1) is 0 Å². The van der Waals surface area contributed by atoms with Crippen LogP contribution in [0.25, 0.3) is 0 Å². The minimum absolute atomic E-state index is 0.0148. The van der Waals surface area contributed by atoms with Gasteiger partial charge in [-0.25, -0.2) is 17.2 Å². The number of aryl methyl sites for hydroxylation is 1. The fourth-order valence-corrected chi connectivity index (χ4v) is 5.08. The number of halogens is 2. The lowest BCUT2D eigenvalue weighted by atomic mass is 9.87. The summed E-state index contributed by atoms with van der Waals surface area (Å²) in [6, 6.07) is 16.5. The Balaban J connectivity index is 1.50. The predicted octanol–water partition coefficient (Wildman–Crippen LogP) is 4.92. The highest BCUT2D eigenvalue weighted by molar-refractivity contribution is 7.92. The molecule has 0 fully saturated rings. The van der Waals surface area contributed by atoms with Crippen LogP contribution in [0.3, 0.4) is 0 Å². The van der Waals surface area contributed by atoms with Gasteiger partial charge >= 0.3 is 0 Å². The molecule has 1 atom stereocenters. The monoisotopic (exact) mass is 456 g/mol. The van der Waals surface area contributed by atoms with Crippen LogP contribution in [0.5, 0.6) is 0 Å². The second-order valence-electron chi connectivity index (χ2n) is 7.78. The van der Waals surface area contributed by atoms with Crippen molar-refractivity contribution in [1.82, 2.24) is 4.90 Å². The summed E-state index contributed by atoms with van der Waals surface area (Å²) >= 11 is 0. The Labute approximate surface area is 185 Å². The number of hydrogen-bond donors (Lipinski definition) is 1. The number of nitrogens with zero attached hydrogens (tertiary/aromatic N) is 1. The molecule has 1 amide bonds. The van der Waals surface area contributed by atoms with E-state index in [1.165, 1.54) is 29.8 Å². The van der Waals surface area contributed by atoms with Gasteiger partial charge in [-0.2, -0.15) is 0 Å². The summed E-state index contributed by atoms with van der Waals surface area (Å²) in [5.41, 5.74) is 3.04. The van der Waals surface area contributed by atoms with E-state index in [4.69, 9.17) is 0 Å². The number of carbonyl (C=O) groups excluding carboxylic acids is 1. The van der Waals surface area contributed by atoms with Crippen molar-refractivity contribution >= 4 is 21.6 Å². The van der Waals surface area contributed by atoms with Crippen molar-refractivity contribution in [3.05, 3.63) is 95.1 Å². The molecule has 3 aromatic carbocycles. The molecule has 1 aliphatic carbocycles. The first-order valence-electron chi connectivity index (χ1n) is 10.2. The number of amides is 1. The molecule has 0 aliphatic heterocycles. The number of sulfonamides is 1. The molecule has 4 rings (SSSR count). The van der Waals surface area contributed by atoms with Gasteiger partial charge in [0.2, 0.25) is 0 Å². The van der Waals surface area contributed by atoms with Crippen LogP contribution >= 0.6 is 0 Å². The van der Waals surface area contributed by atoms with Crippen LogP contribution < -0.4 is 4.72 Å². The molecule has 3 aromatic rings. The van der Waals surface area contributed by atoms with Crippen molar-refractivity contribution < 1.29 is 22.0 Å². The molecule has 32 heavy (non-hydrogen) atoms. The summed E-state index contributed by atoms with van der Waals surface area (Å²) in [6.07, 6.45) is 2.89. The standard InChI is InChI=1S/C24H22F2N2O3S/c1-28(23-8-4-6-16-5-2-3-7-20(16)23)24(29)17-9-11-18(12-10-17)27-32(30,31)19-13-14-21(25)22(26)15-19/h2-3,5,7,9-15,23,27H,4,6,8H2,1H3. The minimum Gasteiger partial charge on any atom is -0.335 e. The fraction of sp³-hybridized carbons (Fsp3) is 0.208. The second kappa shape index (κ2) is 8.70. The summed E-state index contributed by atoms with van der Waals surface area (Å²) in [5, 5.41) is 0. The fourth-order valence-electron chi connectivity index (χ4n) is 4.01. The zero-order valence-electron chi connectivity index (χ0n) is 17.4. The largest absolute Gasteiger partial charge is 0.335 e. The first-order chi connectivity index (χ1) is 15.3. The van der Waals surface area contributed by atoms with Gasteiger partial charge < -0.3 is 4.90 Å². The van der Waals surface area contributed by atoms with E-state index in [1.54, 1.807) is 11.9 Å². The van der Waals surface area contributed by atoms with Gasteiger partial charge in [-0.3, -0.25) is 9.52 Å². The van der Waals surface area contributed by atoms with Gasteiger partial charge in [0.25, 0.3) is 15.9 Å². The van der Waals surface area contributed by atoms with Crippen molar-refractivity contribution in [3.8, 4) is 0 Å². The Bertz CT molecular complexity index is 1260. The van der Waals surface area contributed by atoms with E-state index in [0.717, 1.165) is 37.0 Å². The average molecular weight is 457 g/mol. The molecule has 0 radical (unpaired) electrons. The normalized spacial score (nSPS) is 15.7. The van der Waals surface area contributed by atoms with Crippen LogP contribution in [-0.4, -0.2) is 26.3 Å². The summed E-state index contributed by atoms with van der Waals surface area (Å²) < 4.78 is 53.7. The third-order valence-electron chi connectivity index (χ3n) is 5.71. The Kier molecular flexibility index (Phi) is 5.97. The molecule has 8 heteroatoms. The maximum absolute atomic E-state index is 13.4. The molecule has 0 aromatic heterocycles. The lowest BCUT2D eigenvalue weighted by Gasteiger charge is -2.33. The molecular weight excluding hydrogens is 434 g/mol. The van der Waals surface area contributed by atoms with Crippen LogP contribution in [0.2, 0.25) is 0 Å². The Morgan fingerprint density at radius 3 is 2.44 bits per heavy atom. The maximum atomic E-state index is 13.4. The van der Waals surface area contributed by atoms with Crippen LogP contribution in [0, 0.1) is 11.6 Å². The highest BCUT2D eigenvalue weighted by atomic mass is 32.2. The zero-order valence-corrected chi connectivity index (χ0v) is 18.2. The number of fused-ring (bicyclic) bond motifs is 1. The van der Waals surface area contributed by atoms with E-state index < -0.39 is 26.6 Å². The van der Waals surface area contributed by atoms with Crippen molar-refractivity contribution in [2.24, 2.45) is 0 Å². The van der Waals surface area contributed by atoms with Crippen LogP contribution in [0.1, 0.15) is 40.4 Å². The first kappa shape index (κ1) is 22.0. The molecule has 1 unspecified atom stereocenters. The van der Waals surface area contributed by atoms with Gasteiger partial charge in [0, 0.05) is 18.3 Å². The minimum atomic E-state index is -4.10. The number of anilines is 1. The predicted molar refractivity (Wildman–Crippen MR) is 118 cm³/mol. The van der Waals surface area contributed by atoms with E-state index in [9.17, 15) is 22.0 Å². The quantitative estimate of drug-likeness (QED) is 0.593. The van der Waals surface area contributed by atoms with Crippen molar-refractivity contribution in [2.45, 2.75) is 30.2 Å². The van der Waals surface area contributed by atoms with Crippen LogP contribution in [0.15, 0.2) is 71.6 Å². The number of nitrogens with one attached hydrogen (secondary N) is 1. The second-order valence-corrected chi connectivity index (χ2v) is 9.46. The highest BCUT2D eigenvalue weighted by Gasteiger charge is 2.27. The zero-order chi connectivity index (χ0) is 22.9. The van der Waals surface area contributed by atoms with Gasteiger partial charge in [-0.05, 0) is 72.9 Å². The summed E-state index contributed by atoms with van der Waals surface area (Å²) in [6.45, 7) is 0. The molecule has 0 saturated carbocycles. The van der Waals surface area contributed by atoms with Crippen molar-refractivity contribution in [3.63, 3.8) is 0 Å². The van der Waals surface area contributed by atoms with E-state index in [2.05, 4.69) is 16.9 Å². The van der Waals surface area contributed by atoms with Crippen LogP contribution in [0.4, 0.5) is 14.5 Å². The van der Waals surface area contributed by atoms with E-state index in [-0.39, 0.29) is 17.6 Å². The summed E-state index contributed by atoms with van der Waals surface area (Å²) in [7, 11) is -2.33. The van der Waals surface area contributed by atoms with E-state index in [1.807, 2.05) is 12.1 Å². The van der Waals surface area contributed by atoms with Crippen LogP contribution in [-0.2, 0) is 16.4 Å².